The Kier molecular flexibility index (Phi) is 1.48. The molecule has 0 bridgehead atoms. The van der Waals surface area contributed by atoms with Gasteiger partial charge in [-0.25, -0.2) is 5.43 Å². The van der Waals surface area contributed by atoms with Crippen LogP contribution in [0.1, 0.15) is 23.5 Å². The number of hydrogen-bond acceptors (Lipinski definition) is 2. The molecule has 1 atom stereocenters. The fourth-order valence-electron chi connectivity index (χ4n) is 2.24. The summed E-state index contributed by atoms with van der Waals surface area (Å²) in [5, 5.41) is 4.10. The Labute approximate surface area is 81.8 Å². The summed E-state index contributed by atoms with van der Waals surface area (Å²) in [5.74, 6) is 0.260. The van der Waals surface area contributed by atoms with E-state index in [1.807, 2.05) is 12.1 Å². The number of hydrazone groups is 1. The molecule has 1 aromatic rings. The Morgan fingerprint density at radius 3 is 3.14 bits per heavy atom. The van der Waals surface area contributed by atoms with Gasteiger partial charge in [-0.15, -0.1) is 0 Å². The Morgan fingerprint density at radius 1 is 1.36 bits per heavy atom. The molecule has 1 N–H and O–H groups in total. The summed E-state index contributed by atoms with van der Waals surface area (Å²) in [5.41, 5.74) is 6.23. The molecular formula is C11H10N2O. The molecule has 0 fully saturated rings. The van der Waals surface area contributed by atoms with Crippen molar-refractivity contribution in [3.63, 3.8) is 0 Å². The second-order valence-electron chi connectivity index (χ2n) is 3.77. The molecule has 0 saturated heterocycles. The minimum atomic E-state index is 0.0236. The van der Waals surface area contributed by atoms with E-state index in [0.717, 1.165) is 12.1 Å². The summed E-state index contributed by atoms with van der Waals surface area (Å²) < 4.78 is 0. The average Bonchev–Trinajstić information content (AvgIpc) is 2.56. The third kappa shape index (κ3) is 0.985. The lowest BCUT2D eigenvalue weighted by atomic mass is 9.96. The Balaban J connectivity index is 2.10. The van der Waals surface area contributed by atoms with Crippen molar-refractivity contribution >= 4 is 11.6 Å². The van der Waals surface area contributed by atoms with Gasteiger partial charge in [-0.2, -0.15) is 5.10 Å². The van der Waals surface area contributed by atoms with Crippen molar-refractivity contribution in [2.45, 2.75) is 18.8 Å². The fourth-order valence-corrected chi connectivity index (χ4v) is 2.24. The highest BCUT2D eigenvalue weighted by atomic mass is 16.2. The zero-order chi connectivity index (χ0) is 9.54. The van der Waals surface area contributed by atoms with Crippen LogP contribution in [0, 0.1) is 0 Å². The van der Waals surface area contributed by atoms with Gasteiger partial charge in [0.15, 0.2) is 0 Å². The van der Waals surface area contributed by atoms with Gasteiger partial charge in [0, 0.05) is 18.8 Å². The first-order valence-electron chi connectivity index (χ1n) is 4.77. The van der Waals surface area contributed by atoms with Gasteiger partial charge in [0.05, 0.1) is 5.71 Å². The molecular weight excluding hydrogens is 176 g/mol. The first-order valence-corrected chi connectivity index (χ1v) is 4.77. The molecule has 1 amide bonds. The van der Waals surface area contributed by atoms with Crippen molar-refractivity contribution in [2.24, 2.45) is 5.10 Å². The SMILES string of the molecule is O=C1CC2C(=NN1)Cc1ccccc12. The van der Waals surface area contributed by atoms with E-state index < -0.39 is 0 Å². The molecule has 1 aliphatic heterocycles. The van der Waals surface area contributed by atoms with E-state index in [0.29, 0.717) is 6.42 Å². The van der Waals surface area contributed by atoms with Crippen LogP contribution >= 0.6 is 0 Å². The largest absolute Gasteiger partial charge is 0.273 e. The minimum Gasteiger partial charge on any atom is -0.273 e. The van der Waals surface area contributed by atoms with E-state index in [-0.39, 0.29) is 11.8 Å². The number of benzene rings is 1. The lowest BCUT2D eigenvalue weighted by Crippen LogP contribution is -2.29. The Bertz CT molecular complexity index is 437. The molecule has 14 heavy (non-hydrogen) atoms. The molecule has 0 aromatic heterocycles. The van der Waals surface area contributed by atoms with E-state index in [1.54, 1.807) is 0 Å². The maximum atomic E-state index is 11.2. The van der Waals surface area contributed by atoms with Crippen molar-refractivity contribution in [1.29, 1.82) is 0 Å². The van der Waals surface area contributed by atoms with Crippen LogP contribution in [0.3, 0.4) is 0 Å². The maximum Gasteiger partial charge on any atom is 0.241 e. The normalized spacial score (nSPS) is 23.6. The third-order valence-corrected chi connectivity index (χ3v) is 2.92. The quantitative estimate of drug-likeness (QED) is 0.650. The number of hydrogen-bond donors (Lipinski definition) is 1. The summed E-state index contributed by atoms with van der Waals surface area (Å²) in [6.07, 6.45) is 1.44. The van der Waals surface area contributed by atoms with Gasteiger partial charge in [-0.05, 0) is 11.1 Å². The van der Waals surface area contributed by atoms with Gasteiger partial charge >= 0.3 is 0 Å². The summed E-state index contributed by atoms with van der Waals surface area (Å²) in [7, 11) is 0. The van der Waals surface area contributed by atoms with Crippen LogP contribution in [-0.2, 0) is 11.2 Å². The van der Waals surface area contributed by atoms with Gasteiger partial charge in [0.1, 0.15) is 0 Å². The number of carbonyl (C=O) groups excluding carboxylic acids is 1. The first-order chi connectivity index (χ1) is 6.84. The lowest BCUT2D eigenvalue weighted by molar-refractivity contribution is -0.121. The van der Waals surface area contributed by atoms with Crippen LogP contribution in [0.5, 0.6) is 0 Å². The van der Waals surface area contributed by atoms with E-state index in [1.165, 1.54) is 11.1 Å². The van der Waals surface area contributed by atoms with Crippen LogP contribution in [0.15, 0.2) is 29.4 Å². The second kappa shape index (κ2) is 2.67. The predicted octanol–water partition coefficient (Wildman–Crippen LogP) is 1.20. The Morgan fingerprint density at radius 2 is 2.21 bits per heavy atom. The molecule has 1 unspecified atom stereocenters. The lowest BCUT2D eigenvalue weighted by Gasteiger charge is -2.16. The molecule has 3 heteroatoms. The van der Waals surface area contributed by atoms with E-state index >= 15 is 0 Å². The van der Waals surface area contributed by atoms with Gasteiger partial charge in [-0.3, -0.25) is 4.79 Å². The monoisotopic (exact) mass is 186 g/mol. The van der Waals surface area contributed by atoms with Gasteiger partial charge in [0.2, 0.25) is 5.91 Å². The topological polar surface area (TPSA) is 41.5 Å². The molecule has 3 nitrogen and oxygen atoms in total. The zero-order valence-corrected chi connectivity index (χ0v) is 7.66. The molecule has 1 aromatic carbocycles. The summed E-state index contributed by atoms with van der Waals surface area (Å²) in [4.78, 5) is 11.2. The molecule has 70 valence electrons. The first kappa shape index (κ1) is 7.74. The van der Waals surface area contributed by atoms with Gasteiger partial charge < -0.3 is 0 Å². The smallest absolute Gasteiger partial charge is 0.241 e. The summed E-state index contributed by atoms with van der Waals surface area (Å²) in [6.45, 7) is 0. The number of fused-ring (bicyclic) bond motifs is 3. The summed E-state index contributed by atoms with van der Waals surface area (Å²) >= 11 is 0. The van der Waals surface area contributed by atoms with Gasteiger partial charge in [-0.1, -0.05) is 24.3 Å². The van der Waals surface area contributed by atoms with Crippen molar-refractivity contribution in [3.05, 3.63) is 35.4 Å². The molecule has 1 heterocycles. The van der Waals surface area contributed by atoms with Crippen LogP contribution in [0.2, 0.25) is 0 Å². The standard InChI is InChI=1S/C11H10N2O/c14-11-6-9-8-4-2-1-3-7(8)5-10(9)12-13-11/h1-4,9H,5-6H2,(H,13,14). The number of carbonyl (C=O) groups is 1. The molecule has 0 saturated carbocycles. The molecule has 0 spiro atoms. The van der Waals surface area contributed by atoms with Crippen molar-refractivity contribution in [2.75, 3.05) is 0 Å². The number of amides is 1. The van der Waals surface area contributed by atoms with Crippen molar-refractivity contribution in [1.82, 2.24) is 5.43 Å². The second-order valence-corrected chi connectivity index (χ2v) is 3.77. The van der Waals surface area contributed by atoms with Crippen molar-refractivity contribution in [3.8, 4) is 0 Å². The van der Waals surface area contributed by atoms with Crippen LogP contribution < -0.4 is 5.43 Å². The van der Waals surface area contributed by atoms with Crippen molar-refractivity contribution < 1.29 is 4.79 Å². The highest BCUT2D eigenvalue weighted by Crippen LogP contribution is 2.34. The number of nitrogens with one attached hydrogen (secondary N) is 1. The maximum absolute atomic E-state index is 11.2. The number of nitrogens with zero attached hydrogens (tertiary/aromatic N) is 1. The zero-order valence-electron chi connectivity index (χ0n) is 7.66. The number of rotatable bonds is 0. The molecule has 3 rings (SSSR count). The molecule has 0 radical (unpaired) electrons. The van der Waals surface area contributed by atoms with E-state index in [9.17, 15) is 4.79 Å². The highest BCUT2D eigenvalue weighted by molar-refractivity contribution is 6.02. The van der Waals surface area contributed by atoms with Crippen LogP contribution in [0.4, 0.5) is 0 Å². The predicted molar refractivity (Wildman–Crippen MR) is 53.1 cm³/mol. The Hall–Kier alpha value is -1.64. The molecule has 1 aliphatic carbocycles. The van der Waals surface area contributed by atoms with E-state index in [4.69, 9.17) is 0 Å². The van der Waals surface area contributed by atoms with Gasteiger partial charge in [0.25, 0.3) is 0 Å². The summed E-state index contributed by atoms with van der Waals surface area (Å²) in [6, 6.07) is 8.27. The highest BCUT2D eigenvalue weighted by Gasteiger charge is 2.32. The third-order valence-electron chi connectivity index (χ3n) is 2.92. The van der Waals surface area contributed by atoms with Crippen LogP contribution in [-0.4, -0.2) is 11.6 Å². The minimum absolute atomic E-state index is 0.0236. The average molecular weight is 186 g/mol. The fraction of sp³-hybridized carbons (Fsp3) is 0.273. The van der Waals surface area contributed by atoms with Crippen LogP contribution in [0.25, 0.3) is 0 Å². The molecule has 2 aliphatic rings. The van der Waals surface area contributed by atoms with E-state index in [2.05, 4.69) is 22.7 Å².